The van der Waals surface area contributed by atoms with Gasteiger partial charge in [-0.3, -0.25) is 9.69 Å². The molecule has 2 aromatic rings. The molecule has 0 spiro atoms. The highest BCUT2D eigenvalue weighted by atomic mass is 19.4. The van der Waals surface area contributed by atoms with E-state index in [1.807, 2.05) is 0 Å². The van der Waals surface area contributed by atoms with Gasteiger partial charge in [0.05, 0.1) is 28.4 Å². The lowest BCUT2D eigenvalue weighted by molar-refractivity contribution is -0.143. The van der Waals surface area contributed by atoms with Crippen molar-refractivity contribution < 1.29 is 53.8 Å². The highest BCUT2D eigenvalue weighted by molar-refractivity contribution is 5.91. The predicted octanol–water partition coefficient (Wildman–Crippen LogP) is 8.76. The van der Waals surface area contributed by atoms with Crippen LogP contribution in [0.5, 0.6) is 0 Å². The summed E-state index contributed by atoms with van der Waals surface area (Å²) in [6.45, 7) is 5.10. The number of fused-ring (bicyclic) bond motifs is 1. The van der Waals surface area contributed by atoms with Crippen LogP contribution in [0.2, 0.25) is 0 Å². The van der Waals surface area contributed by atoms with Gasteiger partial charge in [0.2, 0.25) is 5.91 Å². The second-order valence-corrected chi connectivity index (χ2v) is 11.8. The second kappa shape index (κ2) is 10.9. The number of carbonyl (C=O) groups is 2. The number of alkyl halides is 9. The van der Waals surface area contributed by atoms with Gasteiger partial charge in [0.1, 0.15) is 5.60 Å². The number of benzene rings is 2. The van der Waals surface area contributed by atoms with Crippen molar-refractivity contribution in [2.24, 2.45) is 5.92 Å². The first-order chi connectivity index (χ1) is 19.6. The van der Waals surface area contributed by atoms with Gasteiger partial charge in [0.15, 0.2) is 0 Å². The minimum Gasteiger partial charge on any atom is -0.443 e. The van der Waals surface area contributed by atoms with E-state index in [2.05, 4.69) is 0 Å². The molecule has 5 nitrogen and oxygen atoms in total. The van der Waals surface area contributed by atoms with Crippen LogP contribution >= 0.6 is 0 Å². The van der Waals surface area contributed by atoms with Crippen molar-refractivity contribution in [1.82, 2.24) is 4.90 Å². The molecule has 4 rings (SSSR count). The van der Waals surface area contributed by atoms with Gasteiger partial charge >= 0.3 is 24.6 Å². The average Bonchev–Trinajstić information content (AvgIpc) is 3.68. The number of hydrogen-bond donors (Lipinski definition) is 0. The third-order valence-electron chi connectivity index (χ3n) is 7.31. The van der Waals surface area contributed by atoms with Gasteiger partial charge in [0, 0.05) is 19.5 Å². The van der Waals surface area contributed by atoms with Crippen LogP contribution in [0, 0.1) is 5.92 Å². The van der Waals surface area contributed by atoms with Gasteiger partial charge in [0.25, 0.3) is 0 Å². The van der Waals surface area contributed by atoms with Gasteiger partial charge in [-0.25, -0.2) is 4.79 Å². The van der Waals surface area contributed by atoms with Crippen LogP contribution in [0.4, 0.5) is 50.0 Å². The Balaban J connectivity index is 1.86. The van der Waals surface area contributed by atoms with E-state index in [1.165, 1.54) is 4.90 Å². The first kappa shape index (κ1) is 32.5. The van der Waals surface area contributed by atoms with E-state index in [0.29, 0.717) is 25.0 Å². The maximum atomic E-state index is 13.8. The fraction of sp³-hybridized carbons (Fsp3) is 0.517. The molecule has 0 N–H and O–H groups in total. The molecule has 0 aromatic heterocycles. The van der Waals surface area contributed by atoms with Crippen molar-refractivity contribution in [3.05, 3.63) is 64.2 Å². The zero-order chi connectivity index (χ0) is 32.3. The van der Waals surface area contributed by atoms with Crippen molar-refractivity contribution in [1.29, 1.82) is 0 Å². The SMILES string of the molecule is CC(=O)N(Cc1cc(C(F)(F)F)cc(C(F)(F)F)c1)[C@H]1C[C@H](C2CC2)N(C(=O)OC(C)(C)C)c2ccc(C(F)(F)F)cc21. The highest BCUT2D eigenvalue weighted by Crippen LogP contribution is 2.50. The summed E-state index contributed by atoms with van der Waals surface area (Å²) in [6.07, 6.45) is -14.7. The molecule has 0 unspecified atom stereocenters. The third-order valence-corrected chi connectivity index (χ3v) is 7.31. The molecule has 1 heterocycles. The van der Waals surface area contributed by atoms with E-state index in [4.69, 9.17) is 4.74 Å². The maximum absolute atomic E-state index is 13.8. The zero-order valence-corrected chi connectivity index (χ0v) is 23.5. The molecule has 0 bridgehead atoms. The van der Waals surface area contributed by atoms with Crippen LogP contribution in [0.1, 0.15) is 80.8 Å². The number of ether oxygens (including phenoxy) is 1. The van der Waals surface area contributed by atoms with Crippen LogP contribution in [0.25, 0.3) is 0 Å². The predicted molar refractivity (Wildman–Crippen MR) is 137 cm³/mol. The summed E-state index contributed by atoms with van der Waals surface area (Å²) in [6, 6.07) is 1.65. The fourth-order valence-electron chi connectivity index (χ4n) is 5.33. The summed E-state index contributed by atoms with van der Waals surface area (Å²) in [5.41, 5.74) is -5.86. The van der Waals surface area contributed by atoms with Crippen LogP contribution in [-0.4, -0.2) is 28.5 Å². The Morgan fingerprint density at radius 2 is 1.37 bits per heavy atom. The molecule has 2 aliphatic rings. The summed E-state index contributed by atoms with van der Waals surface area (Å²) in [5.74, 6) is -0.899. The highest BCUT2D eigenvalue weighted by Gasteiger charge is 2.48. The smallest absolute Gasteiger partial charge is 0.416 e. The van der Waals surface area contributed by atoms with Gasteiger partial charge in [-0.05, 0) is 93.5 Å². The summed E-state index contributed by atoms with van der Waals surface area (Å²) in [7, 11) is 0. The molecule has 1 fully saturated rings. The molecule has 2 aromatic carbocycles. The second-order valence-electron chi connectivity index (χ2n) is 11.8. The van der Waals surface area contributed by atoms with Crippen LogP contribution in [0.3, 0.4) is 0 Å². The molecule has 236 valence electrons. The van der Waals surface area contributed by atoms with Crippen molar-refractivity contribution in [3.63, 3.8) is 0 Å². The molecule has 43 heavy (non-hydrogen) atoms. The molecule has 1 aliphatic heterocycles. The first-order valence-corrected chi connectivity index (χ1v) is 13.3. The Labute approximate surface area is 241 Å². The summed E-state index contributed by atoms with van der Waals surface area (Å²) >= 11 is 0. The van der Waals surface area contributed by atoms with E-state index in [9.17, 15) is 49.1 Å². The minimum atomic E-state index is -5.14. The van der Waals surface area contributed by atoms with Crippen molar-refractivity contribution in [2.75, 3.05) is 4.90 Å². The number of halogens is 9. The summed E-state index contributed by atoms with van der Waals surface area (Å²) in [5, 5.41) is 0. The topological polar surface area (TPSA) is 49.9 Å². The lowest BCUT2D eigenvalue weighted by Crippen LogP contribution is -2.50. The molecule has 1 aliphatic carbocycles. The van der Waals surface area contributed by atoms with Gasteiger partial charge in [-0.2, -0.15) is 39.5 Å². The standard InChI is InChI=1S/C29H29F9N2O3/c1-15(41)39(14-16-9-19(28(33,34)35)11-20(10-16)29(36,37)38)24-13-23(17-5-6-17)40(25(42)43-26(2,3)4)22-8-7-18(12-21(22)24)27(30,31)32/h7-12,17,23-24H,5-6,13-14H2,1-4H3/t23-,24+/m1/s1. The number of amides is 2. The molecule has 2 atom stereocenters. The first-order valence-electron chi connectivity index (χ1n) is 13.3. The number of anilines is 1. The Morgan fingerprint density at radius 3 is 1.81 bits per heavy atom. The molecular weight excluding hydrogens is 595 g/mol. The van der Waals surface area contributed by atoms with E-state index in [0.717, 1.165) is 30.0 Å². The maximum Gasteiger partial charge on any atom is 0.416 e. The summed E-state index contributed by atoms with van der Waals surface area (Å²) in [4.78, 5) is 28.5. The van der Waals surface area contributed by atoms with Crippen molar-refractivity contribution >= 4 is 17.7 Å². The Morgan fingerprint density at radius 1 is 0.837 bits per heavy atom. The molecule has 14 heteroatoms. The van der Waals surface area contributed by atoms with E-state index in [1.54, 1.807) is 20.8 Å². The lowest BCUT2D eigenvalue weighted by Gasteiger charge is -2.45. The van der Waals surface area contributed by atoms with Gasteiger partial charge in [-0.15, -0.1) is 0 Å². The lowest BCUT2D eigenvalue weighted by atomic mass is 9.86. The zero-order valence-electron chi connectivity index (χ0n) is 23.5. The van der Waals surface area contributed by atoms with Crippen molar-refractivity contribution in [2.45, 2.75) is 89.7 Å². The van der Waals surface area contributed by atoms with Crippen LogP contribution < -0.4 is 4.90 Å². The normalized spacial score (nSPS) is 19.6. The van der Waals surface area contributed by atoms with E-state index in [-0.39, 0.29) is 29.7 Å². The molecule has 2 amide bonds. The molecule has 0 saturated heterocycles. The molecule has 0 radical (unpaired) electrons. The van der Waals surface area contributed by atoms with Crippen LogP contribution in [-0.2, 0) is 34.6 Å². The number of rotatable bonds is 4. The summed E-state index contributed by atoms with van der Waals surface area (Å²) < 4.78 is 128. The molecule has 1 saturated carbocycles. The Kier molecular flexibility index (Phi) is 8.24. The van der Waals surface area contributed by atoms with E-state index >= 15 is 0 Å². The van der Waals surface area contributed by atoms with Gasteiger partial charge < -0.3 is 9.64 Å². The largest absolute Gasteiger partial charge is 0.443 e. The fourth-order valence-corrected chi connectivity index (χ4v) is 5.33. The Hall–Kier alpha value is -3.45. The number of carbonyl (C=O) groups excluding carboxylic acids is 2. The minimum absolute atomic E-state index is 0.0154. The third kappa shape index (κ3) is 7.38. The number of hydrogen-bond acceptors (Lipinski definition) is 3. The monoisotopic (exact) mass is 624 g/mol. The van der Waals surface area contributed by atoms with Gasteiger partial charge in [-0.1, -0.05) is 0 Å². The number of nitrogens with zero attached hydrogens (tertiary/aromatic N) is 2. The van der Waals surface area contributed by atoms with Crippen molar-refractivity contribution in [3.8, 4) is 0 Å². The van der Waals surface area contributed by atoms with Crippen LogP contribution in [0.15, 0.2) is 36.4 Å². The Bertz CT molecular complexity index is 1360. The quantitative estimate of drug-likeness (QED) is 0.320. The average molecular weight is 625 g/mol. The molecular formula is C29H29F9N2O3. The van der Waals surface area contributed by atoms with E-state index < -0.39 is 77.0 Å².